The molecule has 1 saturated heterocycles. The van der Waals surface area contributed by atoms with Gasteiger partial charge in [-0.15, -0.1) is 0 Å². The van der Waals surface area contributed by atoms with Crippen LogP contribution in [0.4, 0.5) is 0 Å². The second-order valence-corrected chi connectivity index (χ2v) is 9.92. The molecule has 3 aliphatic rings. The van der Waals surface area contributed by atoms with Crippen LogP contribution in [0.3, 0.4) is 0 Å². The van der Waals surface area contributed by atoms with Crippen molar-refractivity contribution in [2.75, 3.05) is 13.1 Å². The fourth-order valence-electron chi connectivity index (χ4n) is 6.26. The Morgan fingerprint density at radius 3 is 2.32 bits per heavy atom. The summed E-state index contributed by atoms with van der Waals surface area (Å²) in [6, 6.07) is 18.3. The van der Waals surface area contributed by atoms with Gasteiger partial charge in [-0.05, 0) is 74.1 Å². The molecule has 0 bridgehead atoms. The predicted octanol–water partition coefficient (Wildman–Crippen LogP) is 5.32. The van der Waals surface area contributed by atoms with E-state index < -0.39 is 0 Å². The molecule has 0 amide bonds. The van der Waals surface area contributed by atoms with Crippen LogP contribution in [0, 0.1) is 5.92 Å². The van der Waals surface area contributed by atoms with Crippen molar-refractivity contribution < 1.29 is 0 Å². The van der Waals surface area contributed by atoms with E-state index in [2.05, 4.69) is 62.6 Å². The van der Waals surface area contributed by atoms with Crippen LogP contribution in [0.2, 0.25) is 0 Å². The van der Waals surface area contributed by atoms with Crippen molar-refractivity contribution in [3.8, 4) is 0 Å². The van der Waals surface area contributed by atoms with E-state index in [0.717, 1.165) is 43.5 Å². The van der Waals surface area contributed by atoms with Gasteiger partial charge in [0.25, 0.3) is 0 Å². The van der Waals surface area contributed by atoms with Crippen LogP contribution in [0.15, 0.2) is 53.3 Å². The minimum atomic E-state index is 0.217. The van der Waals surface area contributed by atoms with E-state index >= 15 is 0 Å². The summed E-state index contributed by atoms with van der Waals surface area (Å²) in [5.41, 5.74) is 5.56. The summed E-state index contributed by atoms with van der Waals surface area (Å²) in [5, 5.41) is 0. The molecule has 2 heterocycles. The van der Waals surface area contributed by atoms with Crippen molar-refractivity contribution in [2.45, 2.75) is 70.0 Å². The number of imidazole rings is 1. The third-order valence-electron chi connectivity index (χ3n) is 8.18. The maximum absolute atomic E-state index is 13.5. The van der Waals surface area contributed by atoms with Crippen molar-refractivity contribution in [2.24, 2.45) is 5.92 Å². The zero-order chi connectivity index (χ0) is 20.8. The van der Waals surface area contributed by atoms with Gasteiger partial charge in [-0.2, -0.15) is 0 Å². The van der Waals surface area contributed by atoms with E-state index in [4.69, 9.17) is 0 Å². The summed E-state index contributed by atoms with van der Waals surface area (Å²) < 4.78 is 4.21. The van der Waals surface area contributed by atoms with Gasteiger partial charge < -0.3 is 0 Å². The Kier molecular flexibility index (Phi) is 4.98. The Morgan fingerprint density at radius 1 is 0.806 bits per heavy atom. The summed E-state index contributed by atoms with van der Waals surface area (Å²) >= 11 is 0. The molecule has 3 aromatic rings. The predicted molar refractivity (Wildman–Crippen MR) is 126 cm³/mol. The lowest BCUT2D eigenvalue weighted by atomic mass is 9.85. The summed E-state index contributed by atoms with van der Waals surface area (Å²) in [4.78, 5) is 16.2. The lowest BCUT2D eigenvalue weighted by molar-refractivity contribution is 0.122. The smallest absolute Gasteiger partial charge is 0.296 e. The van der Waals surface area contributed by atoms with Gasteiger partial charge in [0, 0.05) is 31.7 Å². The monoisotopic (exact) mass is 415 g/mol. The summed E-state index contributed by atoms with van der Waals surface area (Å²) in [6.45, 7) is 3.06. The zero-order valence-electron chi connectivity index (χ0n) is 18.4. The SMILES string of the molecule is O=c1n(CC2CCC2)c2ccccc2n1C1CCN(C2CCCc3ccccc32)CC1. The zero-order valence-corrected chi connectivity index (χ0v) is 18.4. The Bertz CT molecular complexity index is 1130. The van der Waals surface area contributed by atoms with Crippen molar-refractivity contribution in [3.63, 3.8) is 0 Å². The molecule has 1 aromatic heterocycles. The summed E-state index contributed by atoms with van der Waals surface area (Å²) in [6.07, 6.45) is 9.77. The van der Waals surface area contributed by atoms with E-state index in [1.165, 1.54) is 44.1 Å². The number of para-hydroxylation sites is 2. The molecule has 4 heteroatoms. The van der Waals surface area contributed by atoms with Crippen molar-refractivity contribution in [3.05, 3.63) is 70.1 Å². The van der Waals surface area contributed by atoms with Gasteiger partial charge in [0.2, 0.25) is 0 Å². The first-order valence-corrected chi connectivity index (χ1v) is 12.3. The first kappa shape index (κ1) is 19.4. The summed E-state index contributed by atoms with van der Waals surface area (Å²) in [5.74, 6) is 0.685. The molecule has 4 nitrogen and oxygen atoms in total. The largest absolute Gasteiger partial charge is 0.329 e. The topological polar surface area (TPSA) is 30.2 Å². The molecule has 2 aliphatic carbocycles. The van der Waals surface area contributed by atoms with Crippen LogP contribution in [0.1, 0.15) is 68.2 Å². The second kappa shape index (κ2) is 7.98. The van der Waals surface area contributed by atoms with Crippen molar-refractivity contribution >= 4 is 11.0 Å². The number of aromatic nitrogens is 2. The molecule has 0 radical (unpaired) electrons. The fourth-order valence-corrected chi connectivity index (χ4v) is 6.26. The highest BCUT2D eigenvalue weighted by Crippen LogP contribution is 2.37. The molecule has 2 fully saturated rings. The minimum absolute atomic E-state index is 0.217. The third kappa shape index (κ3) is 3.36. The molecule has 0 spiro atoms. The number of rotatable bonds is 4. The minimum Gasteiger partial charge on any atom is -0.296 e. The van der Waals surface area contributed by atoms with Gasteiger partial charge in [0.15, 0.2) is 0 Å². The second-order valence-electron chi connectivity index (χ2n) is 9.92. The maximum atomic E-state index is 13.5. The van der Waals surface area contributed by atoms with Gasteiger partial charge in [-0.25, -0.2) is 4.79 Å². The standard InChI is InChI=1S/C27H33N3O/c31-27-29(19-20-7-5-8-20)25-12-3-4-13-26(25)30(27)22-15-17-28(18-16-22)24-14-6-10-21-9-1-2-11-23(21)24/h1-4,9,11-13,20,22,24H,5-8,10,14-19H2. The molecular weight excluding hydrogens is 382 g/mol. The average molecular weight is 416 g/mol. The number of nitrogens with zero attached hydrogens (tertiary/aromatic N) is 3. The maximum Gasteiger partial charge on any atom is 0.329 e. The van der Waals surface area contributed by atoms with Crippen LogP contribution in [-0.4, -0.2) is 27.1 Å². The first-order chi connectivity index (χ1) is 15.3. The van der Waals surface area contributed by atoms with Gasteiger partial charge in [0.05, 0.1) is 11.0 Å². The number of fused-ring (bicyclic) bond motifs is 2. The van der Waals surface area contributed by atoms with E-state index in [1.54, 1.807) is 5.56 Å². The van der Waals surface area contributed by atoms with E-state index in [0.29, 0.717) is 18.0 Å². The normalized spacial score (nSPS) is 23.0. The molecule has 1 atom stereocenters. The van der Waals surface area contributed by atoms with Crippen molar-refractivity contribution in [1.82, 2.24) is 14.0 Å². The average Bonchev–Trinajstić information content (AvgIpc) is 3.07. The first-order valence-electron chi connectivity index (χ1n) is 12.3. The molecule has 162 valence electrons. The summed E-state index contributed by atoms with van der Waals surface area (Å²) in [7, 11) is 0. The molecule has 1 saturated carbocycles. The Balaban J connectivity index is 1.25. The number of aryl methyl sites for hydroxylation is 1. The number of likely N-dealkylation sites (tertiary alicyclic amines) is 1. The highest BCUT2D eigenvalue weighted by atomic mass is 16.1. The highest BCUT2D eigenvalue weighted by molar-refractivity contribution is 5.76. The Labute approximate surface area is 184 Å². The van der Waals surface area contributed by atoms with Gasteiger partial charge in [0.1, 0.15) is 0 Å². The van der Waals surface area contributed by atoms with Crippen LogP contribution >= 0.6 is 0 Å². The van der Waals surface area contributed by atoms with E-state index in [1.807, 2.05) is 0 Å². The molecule has 1 unspecified atom stereocenters. The number of hydrogen-bond acceptors (Lipinski definition) is 2. The van der Waals surface area contributed by atoms with E-state index in [-0.39, 0.29) is 5.69 Å². The quantitative estimate of drug-likeness (QED) is 0.577. The molecule has 0 N–H and O–H groups in total. The Hall–Kier alpha value is -2.33. The number of benzene rings is 2. The molecule has 1 aliphatic heterocycles. The molecule has 2 aromatic carbocycles. The lowest BCUT2D eigenvalue weighted by Crippen LogP contribution is -2.40. The molecule has 31 heavy (non-hydrogen) atoms. The van der Waals surface area contributed by atoms with Crippen molar-refractivity contribution in [1.29, 1.82) is 0 Å². The third-order valence-corrected chi connectivity index (χ3v) is 8.18. The number of piperidine rings is 1. The highest BCUT2D eigenvalue weighted by Gasteiger charge is 2.31. The van der Waals surface area contributed by atoms with Crippen LogP contribution in [-0.2, 0) is 13.0 Å². The fraction of sp³-hybridized carbons (Fsp3) is 0.519. The molecular formula is C27H33N3O. The van der Waals surface area contributed by atoms with Crippen LogP contribution in [0.25, 0.3) is 11.0 Å². The Morgan fingerprint density at radius 2 is 1.55 bits per heavy atom. The van der Waals surface area contributed by atoms with Gasteiger partial charge in [-0.1, -0.05) is 42.8 Å². The van der Waals surface area contributed by atoms with Gasteiger partial charge >= 0.3 is 5.69 Å². The van der Waals surface area contributed by atoms with Crippen LogP contribution < -0.4 is 5.69 Å². The lowest BCUT2D eigenvalue weighted by Gasteiger charge is -2.40. The van der Waals surface area contributed by atoms with E-state index in [9.17, 15) is 4.79 Å². The number of hydrogen-bond donors (Lipinski definition) is 0. The molecule has 6 rings (SSSR count). The van der Waals surface area contributed by atoms with Gasteiger partial charge in [-0.3, -0.25) is 14.0 Å². The van der Waals surface area contributed by atoms with Crippen LogP contribution in [0.5, 0.6) is 0 Å².